The summed E-state index contributed by atoms with van der Waals surface area (Å²) in [5.41, 5.74) is 0.380. The lowest BCUT2D eigenvalue weighted by molar-refractivity contribution is -0.130. The molecule has 0 radical (unpaired) electrons. The van der Waals surface area contributed by atoms with Crippen LogP contribution in [-0.4, -0.2) is 46.5 Å². The van der Waals surface area contributed by atoms with Gasteiger partial charge >= 0.3 is 0 Å². The van der Waals surface area contributed by atoms with Crippen LogP contribution in [0.5, 0.6) is 0 Å². The number of rotatable bonds is 3. The van der Waals surface area contributed by atoms with Crippen LogP contribution in [0.25, 0.3) is 0 Å². The molecule has 1 N–H and O–H groups in total. The van der Waals surface area contributed by atoms with Crippen molar-refractivity contribution in [3.8, 4) is 0 Å². The molecule has 0 saturated carbocycles. The number of aryl methyl sites for hydroxylation is 1. The smallest absolute Gasteiger partial charge is 0.224 e. The van der Waals surface area contributed by atoms with Crippen LogP contribution in [0.1, 0.15) is 19.3 Å². The number of likely N-dealkylation sites (tertiary alicyclic amines) is 1. The first kappa shape index (κ1) is 17.3. The summed E-state index contributed by atoms with van der Waals surface area (Å²) in [4.78, 5) is 18.2. The Morgan fingerprint density at radius 3 is 2.85 bits per heavy atom. The highest BCUT2D eigenvalue weighted by atomic mass is 35.5. The SMILES string of the molecule is Cl.Cl.O=C(CCn1ccnc1)N1CCC2(CCNC2)C1. The van der Waals surface area contributed by atoms with Crippen molar-refractivity contribution in [1.82, 2.24) is 19.8 Å². The number of nitrogens with zero attached hydrogens (tertiary/aromatic N) is 3. The van der Waals surface area contributed by atoms with E-state index < -0.39 is 0 Å². The van der Waals surface area contributed by atoms with Crippen molar-refractivity contribution in [1.29, 1.82) is 0 Å². The van der Waals surface area contributed by atoms with Gasteiger partial charge in [-0.2, -0.15) is 0 Å². The van der Waals surface area contributed by atoms with Gasteiger partial charge in [-0.05, 0) is 19.4 Å². The van der Waals surface area contributed by atoms with Crippen molar-refractivity contribution in [2.75, 3.05) is 26.2 Å². The zero-order valence-corrected chi connectivity index (χ0v) is 13.1. The molecule has 0 bridgehead atoms. The fraction of sp³-hybridized carbons (Fsp3) is 0.692. The number of amides is 1. The molecule has 1 spiro atoms. The summed E-state index contributed by atoms with van der Waals surface area (Å²) in [5, 5.41) is 3.42. The predicted molar refractivity (Wildman–Crippen MR) is 82.5 cm³/mol. The summed E-state index contributed by atoms with van der Waals surface area (Å²) in [6, 6.07) is 0. The third-order valence-corrected chi connectivity index (χ3v) is 4.27. The quantitative estimate of drug-likeness (QED) is 0.914. The van der Waals surface area contributed by atoms with Crippen LogP contribution >= 0.6 is 24.8 Å². The van der Waals surface area contributed by atoms with Crippen molar-refractivity contribution in [2.24, 2.45) is 5.41 Å². The van der Waals surface area contributed by atoms with Crippen molar-refractivity contribution >= 4 is 30.7 Å². The monoisotopic (exact) mass is 320 g/mol. The van der Waals surface area contributed by atoms with E-state index >= 15 is 0 Å². The fourth-order valence-electron chi connectivity index (χ4n) is 3.09. The van der Waals surface area contributed by atoms with E-state index in [1.807, 2.05) is 15.7 Å². The molecule has 1 amide bonds. The molecule has 2 aliphatic heterocycles. The predicted octanol–water partition coefficient (Wildman–Crippen LogP) is 1.33. The summed E-state index contributed by atoms with van der Waals surface area (Å²) < 4.78 is 1.96. The van der Waals surface area contributed by atoms with Crippen molar-refractivity contribution < 1.29 is 4.79 Å². The van der Waals surface area contributed by atoms with Crippen LogP contribution in [0.4, 0.5) is 0 Å². The standard InChI is InChI=1S/C13H20N4O.2ClH/c18-12(1-6-16-8-5-15-11-16)17-7-3-13(10-17)2-4-14-9-13;;/h5,8,11,14H,1-4,6-7,9-10H2;2*1H. The average Bonchev–Trinajstić information content (AvgIpc) is 3.10. The Labute approximate surface area is 131 Å². The first-order valence-electron chi connectivity index (χ1n) is 6.72. The minimum atomic E-state index is 0. The molecule has 3 heterocycles. The first-order chi connectivity index (χ1) is 8.77. The van der Waals surface area contributed by atoms with Gasteiger partial charge in [0.05, 0.1) is 6.33 Å². The van der Waals surface area contributed by atoms with Gasteiger partial charge in [-0.25, -0.2) is 4.98 Å². The molecular weight excluding hydrogens is 299 g/mol. The maximum Gasteiger partial charge on any atom is 0.224 e. The van der Waals surface area contributed by atoms with E-state index in [4.69, 9.17) is 0 Å². The highest BCUT2D eigenvalue weighted by molar-refractivity contribution is 5.85. The first-order valence-corrected chi connectivity index (χ1v) is 6.72. The Kier molecular flexibility index (Phi) is 6.30. The highest BCUT2D eigenvalue weighted by Crippen LogP contribution is 2.36. The molecule has 7 heteroatoms. The summed E-state index contributed by atoms with van der Waals surface area (Å²) in [6.45, 7) is 4.81. The normalized spacial score (nSPS) is 24.5. The van der Waals surface area contributed by atoms with Crippen molar-refractivity contribution in [3.63, 3.8) is 0 Å². The average molecular weight is 321 g/mol. The number of nitrogens with one attached hydrogen (secondary N) is 1. The largest absolute Gasteiger partial charge is 0.342 e. The van der Waals surface area contributed by atoms with Gasteiger partial charge in [0, 0.05) is 50.4 Å². The molecule has 1 atom stereocenters. The van der Waals surface area contributed by atoms with Gasteiger partial charge in [-0.1, -0.05) is 0 Å². The zero-order valence-electron chi connectivity index (χ0n) is 11.5. The van der Waals surface area contributed by atoms with E-state index in [0.29, 0.717) is 11.8 Å². The number of carbonyl (C=O) groups excluding carboxylic acids is 1. The van der Waals surface area contributed by atoms with E-state index in [2.05, 4.69) is 10.3 Å². The Morgan fingerprint density at radius 2 is 2.20 bits per heavy atom. The molecule has 5 nitrogen and oxygen atoms in total. The van der Waals surface area contributed by atoms with Gasteiger partial charge in [-0.3, -0.25) is 4.79 Å². The zero-order chi connectivity index (χ0) is 12.4. The lowest BCUT2D eigenvalue weighted by Gasteiger charge is -2.22. The van der Waals surface area contributed by atoms with Crippen LogP contribution < -0.4 is 5.32 Å². The molecule has 0 aliphatic carbocycles. The molecule has 20 heavy (non-hydrogen) atoms. The van der Waals surface area contributed by atoms with Gasteiger partial charge in [0.1, 0.15) is 0 Å². The summed E-state index contributed by atoms with van der Waals surface area (Å²) in [6.07, 6.45) is 8.38. The Hall–Kier alpha value is -0.780. The second-order valence-corrected chi connectivity index (χ2v) is 5.54. The molecule has 2 aliphatic rings. The number of aromatic nitrogens is 2. The number of halogens is 2. The second-order valence-electron chi connectivity index (χ2n) is 5.54. The maximum absolute atomic E-state index is 12.2. The van der Waals surface area contributed by atoms with Crippen molar-refractivity contribution in [2.45, 2.75) is 25.8 Å². The number of hydrogen-bond acceptors (Lipinski definition) is 3. The lowest BCUT2D eigenvalue weighted by atomic mass is 9.87. The Balaban J connectivity index is 0.000001000. The molecule has 1 unspecified atom stereocenters. The highest BCUT2D eigenvalue weighted by Gasteiger charge is 2.41. The van der Waals surface area contributed by atoms with Gasteiger partial charge in [-0.15, -0.1) is 24.8 Å². The molecule has 1 aromatic heterocycles. The van der Waals surface area contributed by atoms with E-state index in [-0.39, 0.29) is 30.7 Å². The summed E-state index contributed by atoms with van der Waals surface area (Å²) in [5.74, 6) is 0.285. The number of imidazole rings is 1. The third-order valence-electron chi connectivity index (χ3n) is 4.27. The molecule has 114 valence electrons. The van der Waals surface area contributed by atoms with Gasteiger partial charge in [0.15, 0.2) is 0 Å². The van der Waals surface area contributed by atoms with E-state index in [0.717, 1.165) is 39.1 Å². The minimum absolute atomic E-state index is 0. The van der Waals surface area contributed by atoms with Crippen LogP contribution in [-0.2, 0) is 11.3 Å². The molecule has 1 aromatic rings. The fourth-order valence-corrected chi connectivity index (χ4v) is 3.09. The van der Waals surface area contributed by atoms with Crippen LogP contribution in [0.15, 0.2) is 18.7 Å². The van der Waals surface area contributed by atoms with Crippen LogP contribution in [0.3, 0.4) is 0 Å². The van der Waals surface area contributed by atoms with Crippen LogP contribution in [0, 0.1) is 5.41 Å². The Bertz CT molecular complexity index is 418. The maximum atomic E-state index is 12.2. The molecule has 2 saturated heterocycles. The molecular formula is C13H22Cl2N4O. The van der Waals surface area contributed by atoms with E-state index in [1.165, 1.54) is 6.42 Å². The Morgan fingerprint density at radius 1 is 1.35 bits per heavy atom. The van der Waals surface area contributed by atoms with E-state index in [9.17, 15) is 4.79 Å². The van der Waals surface area contributed by atoms with Gasteiger partial charge in [0.2, 0.25) is 5.91 Å². The second kappa shape index (κ2) is 7.29. The van der Waals surface area contributed by atoms with Crippen LogP contribution in [0.2, 0.25) is 0 Å². The summed E-state index contributed by atoms with van der Waals surface area (Å²) in [7, 11) is 0. The van der Waals surface area contributed by atoms with Gasteiger partial charge < -0.3 is 14.8 Å². The number of hydrogen-bond donors (Lipinski definition) is 1. The van der Waals surface area contributed by atoms with E-state index in [1.54, 1.807) is 12.5 Å². The minimum Gasteiger partial charge on any atom is -0.342 e. The van der Waals surface area contributed by atoms with Crippen molar-refractivity contribution in [3.05, 3.63) is 18.7 Å². The third kappa shape index (κ3) is 3.65. The topological polar surface area (TPSA) is 50.2 Å². The number of carbonyl (C=O) groups is 1. The molecule has 3 rings (SSSR count). The molecule has 2 fully saturated rings. The summed E-state index contributed by atoms with van der Waals surface area (Å²) >= 11 is 0. The lowest BCUT2D eigenvalue weighted by Crippen LogP contribution is -2.33. The molecule has 0 aromatic carbocycles. The van der Waals surface area contributed by atoms with Gasteiger partial charge in [0.25, 0.3) is 0 Å².